The number of hydrogen-bond donors (Lipinski definition) is 0. The maximum atomic E-state index is 12.5. The molecule has 0 amide bonds. The van der Waals surface area contributed by atoms with Gasteiger partial charge in [-0.05, 0) is 18.2 Å². The Morgan fingerprint density at radius 3 is 2.60 bits per heavy atom. The van der Waals surface area contributed by atoms with Crippen LogP contribution in [0.4, 0.5) is 17.6 Å². The molecule has 0 spiro atoms. The van der Waals surface area contributed by atoms with Gasteiger partial charge in [0.25, 0.3) is 0 Å². The van der Waals surface area contributed by atoms with Crippen molar-refractivity contribution in [3.8, 4) is 5.75 Å². The second-order valence-electron chi connectivity index (χ2n) is 3.83. The van der Waals surface area contributed by atoms with Gasteiger partial charge >= 0.3 is 12.3 Å². The highest BCUT2D eigenvalue weighted by Gasteiger charge is 2.41. The first-order valence-electron chi connectivity index (χ1n) is 5.38. The van der Waals surface area contributed by atoms with Crippen molar-refractivity contribution in [2.24, 2.45) is 0 Å². The molecule has 0 saturated carbocycles. The number of alkyl halides is 4. The molecule has 20 heavy (non-hydrogen) atoms. The van der Waals surface area contributed by atoms with Crippen molar-refractivity contribution in [2.45, 2.75) is 12.3 Å². The highest BCUT2D eigenvalue weighted by molar-refractivity contribution is 6.32. The van der Waals surface area contributed by atoms with Crippen LogP contribution in [-0.2, 0) is 4.74 Å². The summed E-state index contributed by atoms with van der Waals surface area (Å²) < 4.78 is 58.0. The number of hydrogen-bond acceptors (Lipinski definition) is 3. The summed E-state index contributed by atoms with van der Waals surface area (Å²) in [6.07, 6.45) is -3.84. The summed E-state index contributed by atoms with van der Waals surface area (Å²) in [5.41, 5.74) is 0.117. The van der Waals surface area contributed by atoms with Crippen molar-refractivity contribution in [2.75, 3.05) is 20.3 Å². The molecule has 1 aromatic carbocycles. The molecule has 3 nitrogen and oxygen atoms in total. The number of Topliss-reactive ketones (excluding diaryl/α,β-unsaturated/α-hetero) is 1. The third-order valence-corrected chi connectivity index (χ3v) is 2.63. The molecule has 0 aromatic heterocycles. The number of benzene rings is 1. The number of rotatable bonds is 7. The molecule has 0 aliphatic rings. The van der Waals surface area contributed by atoms with Crippen LogP contribution in [0.25, 0.3) is 0 Å². The molecule has 0 saturated heterocycles. The van der Waals surface area contributed by atoms with Gasteiger partial charge in [-0.2, -0.15) is 8.78 Å². The minimum absolute atomic E-state index is 0.117. The molecule has 0 aliphatic carbocycles. The molecule has 0 fully saturated rings. The lowest BCUT2D eigenvalue weighted by molar-refractivity contribution is -0.163. The minimum atomic E-state index is -4.28. The molecule has 0 bridgehead atoms. The van der Waals surface area contributed by atoms with E-state index in [1.807, 2.05) is 0 Å². The van der Waals surface area contributed by atoms with Crippen LogP contribution in [0.15, 0.2) is 18.2 Å². The van der Waals surface area contributed by atoms with E-state index >= 15 is 0 Å². The molecule has 112 valence electrons. The fourth-order valence-electron chi connectivity index (χ4n) is 1.26. The summed E-state index contributed by atoms with van der Waals surface area (Å²) in [5, 5.41) is 0.272. The maximum Gasteiger partial charge on any atom is 0.330 e. The minimum Gasteiger partial charge on any atom is -0.495 e. The van der Waals surface area contributed by atoms with Crippen LogP contribution in [0, 0.1) is 0 Å². The van der Waals surface area contributed by atoms with Crippen LogP contribution < -0.4 is 4.74 Å². The topological polar surface area (TPSA) is 35.5 Å². The molecular weight excluding hydrogens is 304 g/mol. The summed E-state index contributed by atoms with van der Waals surface area (Å²) in [5.74, 6) is -4.70. The summed E-state index contributed by atoms with van der Waals surface area (Å²) in [4.78, 5) is 11.6. The largest absolute Gasteiger partial charge is 0.495 e. The van der Waals surface area contributed by atoms with E-state index in [1.54, 1.807) is 0 Å². The third kappa shape index (κ3) is 4.35. The molecule has 0 radical (unpaired) electrons. The van der Waals surface area contributed by atoms with E-state index in [4.69, 9.17) is 16.3 Å². The van der Waals surface area contributed by atoms with Gasteiger partial charge < -0.3 is 9.47 Å². The van der Waals surface area contributed by atoms with Gasteiger partial charge in [-0.1, -0.05) is 11.6 Å². The summed E-state index contributed by atoms with van der Waals surface area (Å²) in [7, 11) is 1.34. The number of carbonyl (C=O) groups excluding carboxylic acids is 1. The Kier molecular flexibility index (Phi) is 5.76. The molecule has 0 unspecified atom stereocenters. The van der Waals surface area contributed by atoms with Crippen molar-refractivity contribution in [1.29, 1.82) is 0 Å². The van der Waals surface area contributed by atoms with Crippen LogP contribution in [0.2, 0.25) is 5.02 Å². The fraction of sp³-hybridized carbons (Fsp3) is 0.417. The second kappa shape index (κ2) is 6.90. The lowest BCUT2D eigenvalue weighted by Gasteiger charge is -2.14. The van der Waals surface area contributed by atoms with Gasteiger partial charge in [0.1, 0.15) is 19.0 Å². The van der Waals surface area contributed by atoms with Gasteiger partial charge in [0, 0.05) is 5.56 Å². The number of methoxy groups -OCH3 is 1. The van der Waals surface area contributed by atoms with Crippen LogP contribution in [0.1, 0.15) is 10.4 Å². The van der Waals surface area contributed by atoms with E-state index in [1.165, 1.54) is 25.3 Å². The first-order chi connectivity index (χ1) is 9.27. The van der Waals surface area contributed by atoms with Crippen molar-refractivity contribution >= 4 is 17.4 Å². The van der Waals surface area contributed by atoms with Crippen LogP contribution >= 0.6 is 11.6 Å². The van der Waals surface area contributed by atoms with Gasteiger partial charge in [-0.15, -0.1) is 0 Å². The number of carbonyl (C=O) groups is 1. The first kappa shape index (κ1) is 16.7. The van der Waals surface area contributed by atoms with Crippen molar-refractivity contribution in [3.05, 3.63) is 28.8 Å². The van der Waals surface area contributed by atoms with Crippen LogP contribution in [-0.4, -0.2) is 38.5 Å². The molecule has 1 rings (SSSR count). The Bertz CT molecular complexity index is 480. The van der Waals surface area contributed by atoms with Gasteiger partial charge in [0.2, 0.25) is 0 Å². The van der Waals surface area contributed by atoms with Crippen molar-refractivity contribution < 1.29 is 31.8 Å². The molecule has 0 heterocycles. The molecular formula is C12H11ClF4O3. The van der Waals surface area contributed by atoms with Gasteiger partial charge in [-0.3, -0.25) is 4.79 Å². The molecule has 0 aliphatic heterocycles. The van der Waals surface area contributed by atoms with Crippen LogP contribution in [0.5, 0.6) is 5.75 Å². The van der Waals surface area contributed by atoms with Gasteiger partial charge in [0.05, 0.1) is 12.1 Å². The fourth-order valence-corrected chi connectivity index (χ4v) is 1.45. The Hall–Kier alpha value is -1.34. The predicted molar refractivity (Wildman–Crippen MR) is 64.1 cm³/mol. The van der Waals surface area contributed by atoms with E-state index in [0.717, 1.165) is 0 Å². The molecule has 0 atom stereocenters. The maximum absolute atomic E-state index is 12.5. The summed E-state index contributed by atoms with van der Waals surface area (Å²) in [6, 6.07) is 4.04. The van der Waals surface area contributed by atoms with Crippen molar-refractivity contribution in [1.82, 2.24) is 0 Å². The lowest BCUT2D eigenvalue weighted by Crippen LogP contribution is -2.33. The smallest absolute Gasteiger partial charge is 0.330 e. The lowest BCUT2D eigenvalue weighted by atomic mass is 10.1. The highest BCUT2D eigenvalue weighted by atomic mass is 35.5. The average molecular weight is 315 g/mol. The summed E-state index contributed by atoms with van der Waals surface area (Å²) >= 11 is 5.75. The number of ketones is 1. The highest BCUT2D eigenvalue weighted by Crippen LogP contribution is 2.26. The average Bonchev–Trinajstić information content (AvgIpc) is 2.38. The zero-order valence-corrected chi connectivity index (χ0v) is 11.1. The van der Waals surface area contributed by atoms with Crippen LogP contribution in [0.3, 0.4) is 0 Å². The molecule has 8 heteroatoms. The van der Waals surface area contributed by atoms with E-state index in [9.17, 15) is 22.4 Å². The SMILES string of the molecule is COc1cc(C(=O)COCC(F)(F)C(F)F)ccc1Cl. The molecule has 0 N–H and O–H groups in total. The number of ether oxygens (including phenoxy) is 2. The summed E-state index contributed by atoms with van der Waals surface area (Å²) in [6.45, 7) is -2.27. The standard InChI is InChI=1S/C12H11ClF4O3/c1-19-10-4-7(2-3-8(10)13)9(18)5-20-6-12(16,17)11(14)15/h2-4,11H,5-6H2,1H3. The van der Waals surface area contributed by atoms with Gasteiger partial charge in [0.15, 0.2) is 5.78 Å². The third-order valence-electron chi connectivity index (χ3n) is 2.32. The van der Waals surface area contributed by atoms with E-state index < -0.39 is 31.3 Å². The van der Waals surface area contributed by atoms with Gasteiger partial charge in [-0.25, -0.2) is 8.78 Å². The van der Waals surface area contributed by atoms with Crippen molar-refractivity contribution in [3.63, 3.8) is 0 Å². The Morgan fingerprint density at radius 2 is 2.05 bits per heavy atom. The predicted octanol–water partition coefficient (Wildman–Crippen LogP) is 3.45. The van der Waals surface area contributed by atoms with E-state index in [0.29, 0.717) is 0 Å². The Balaban J connectivity index is 2.60. The quantitative estimate of drug-likeness (QED) is 0.571. The Morgan fingerprint density at radius 1 is 1.40 bits per heavy atom. The monoisotopic (exact) mass is 314 g/mol. The normalized spacial score (nSPS) is 11.8. The molecule has 1 aromatic rings. The first-order valence-corrected chi connectivity index (χ1v) is 5.76. The van der Waals surface area contributed by atoms with E-state index in [-0.39, 0.29) is 16.3 Å². The Labute approximate surface area is 117 Å². The zero-order valence-electron chi connectivity index (χ0n) is 10.3. The second-order valence-corrected chi connectivity index (χ2v) is 4.23. The zero-order chi connectivity index (χ0) is 15.3. The van der Waals surface area contributed by atoms with E-state index in [2.05, 4.69) is 4.74 Å². The number of halogens is 5.